The Labute approximate surface area is 162 Å². The first-order valence-electron chi connectivity index (χ1n) is 9.08. The van der Waals surface area contributed by atoms with Crippen LogP contribution in [0.25, 0.3) is 0 Å². The molecule has 1 aliphatic carbocycles. The van der Waals surface area contributed by atoms with E-state index in [1.54, 1.807) is 0 Å². The highest BCUT2D eigenvalue weighted by Gasteiger charge is 2.45. The summed E-state index contributed by atoms with van der Waals surface area (Å²) < 4.78 is 0. The van der Waals surface area contributed by atoms with Crippen molar-refractivity contribution in [3.63, 3.8) is 0 Å². The largest absolute Gasteiger partial charge is 0.351 e. The van der Waals surface area contributed by atoms with Crippen LogP contribution < -0.4 is 16.0 Å². The van der Waals surface area contributed by atoms with Crippen molar-refractivity contribution in [1.29, 1.82) is 0 Å². The molecule has 4 rings (SSSR count). The van der Waals surface area contributed by atoms with Crippen LogP contribution in [0.4, 0.5) is 0 Å². The predicted molar refractivity (Wildman–Crippen MR) is 106 cm³/mol. The normalized spacial score (nSPS) is 27.5. The zero-order valence-electron chi connectivity index (χ0n) is 14.5. The fourth-order valence-electron chi connectivity index (χ4n) is 3.70. The van der Waals surface area contributed by atoms with Gasteiger partial charge < -0.3 is 10.6 Å². The average Bonchev–Trinajstić information content (AvgIpc) is 3.04. The fraction of sp³-hybridized carbons (Fsp3) is 0.474. The minimum atomic E-state index is -0.208. The molecular formula is C19H23N3O2S2. The van der Waals surface area contributed by atoms with E-state index in [4.69, 9.17) is 0 Å². The molecule has 138 valence electrons. The molecule has 1 aromatic carbocycles. The van der Waals surface area contributed by atoms with Crippen LogP contribution in [-0.2, 0) is 16.1 Å². The van der Waals surface area contributed by atoms with E-state index in [1.807, 2.05) is 42.1 Å². The molecule has 2 aliphatic heterocycles. The molecule has 1 saturated heterocycles. The molecule has 3 atom stereocenters. The maximum Gasteiger partial charge on any atom is 0.231 e. The van der Waals surface area contributed by atoms with Crippen molar-refractivity contribution in [1.82, 2.24) is 16.0 Å². The monoisotopic (exact) mass is 389 g/mol. The number of allylic oxidation sites excluding steroid dienone is 1. The van der Waals surface area contributed by atoms with Crippen LogP contribution in [0.1, 0.15) is 31.2 Å². The molecule has 1 aromatic rings. The number of amides is 2. The molecule has 5 nitrogen and oxygen atoms in total. The number of thioether (sulfide) groups is 2. The summed E-state index contributed by atoms with van der Waals surface area (Å²) in [5.41, 5.74) is 2.22. The second-order valence-electron chi connectivity index (χ2n) is 6.80. The first-order valence-corrected chi connectivity index (χ1v) is 11.0. The molecular weight excluding hydrogens is 366 g/mol. The van der Waals surface area contributed by atoms with Gasteiger partial charge in [-0.15, -0.1) is 23.5 Å². The predicted octanol–water partition coefficient (Wildman–Crippen LogP) is 2.56. The molecule has 0 saturated carbocycles. The van der Waals surface area contributed by atoms with Crippen LogP contribution in [-0.4, -0.2) is 28.4 Å². The smallest absolute Gasteiger partial charge is 0.231 e. The second kappa shape index (κ2) is 8.06. The van der Waals surface area contributed by atoms with E-state index in [0.717, 1.165) is 18.4 Å². The van der Waals surface area contributed by atoms with E-state index in [-0.39, 0.29) is 28.6 Å². The van der Waals surface area contributed by atoms with Gasteiger partial charge in [-0.3, -0.25) is 14.9 Å². The Hall–Kier alpha value is -1.44. The Morgan fingerprint density at radius 3 is 2.88 bits per heavy atom. The third-order valence-electron chi connectivity index (χ3n) is 4.99. The van der Waals surface area contributed by atoms with Crippen LogP contribution >= 0.6 is 23.5 Å². The highest BCUT2D eigenvalue weighted by atomic mass is 32.2. The number of rotatable bonds is 5. The molecule has 1 fully saturated rings. The van der Waals surface area contributed by atoms with Gasteiger partial charge in [0.25, 0.3) is 0 Å². The van der Waals surface area contributed by atoms with Crippen LogP contribution in [0.2, 0.25) is 0 Å². The summed E-state index contributed by atoms with van der Waals surface area (Å²) in [6.45, 7) is 0.530. The van der Waals surface area contributed by atoms with Crippen LogP contribution in [0.5, 0.6) is 0 Å². The number of hydrogen-bond donors (Lipinski definition) is 3. The molecule has 0 radical (unpaired) electrons. The van der Waals surface area contributed by atoms with Crippen LogP contribution in [0.3, 0.4) is 0 Å². The molecule has 26 heavy (non-hydrogen) atoms. The van der Waals surface area contributed by atoms with Crippen LogP contribution in [0.15, 0.2) is 40.8 Å². The summed E-state index contributed by atoms with van der Waals surface area (Å²) in [5.74, 6) is 0.378. The summed E-state index contributed by atoms with van der Waals surface area (Å²) >= 11 is 3.26. The summed E-state index contributed by atoms with van der Waals surface area (Å²) in [6, 6.07) is 9.85. The zero-order valence-corrected chi connectivity index (χ0v) is 16.1. The lowest BCUT2D eigenvalue weighted by atomic mass is 9.88. The van der Waals surface area contributed by atoms with Gasteiger partial charge in [0.1, 0.15) is 5.50 Å². The highest BCUT2D eigenvalue weighted by Crippen LogP contribution is 2.49. The van der Waals surface area contributed by atoms with Crippen LogP contribution in [0, 0.1) is 5.92 Å². The Morgan fingerprint density at radius 1 is 1.23 bits per heavy atom. The van der Waals surface area contributed by atoms with E-state index in [2.05, 4.69) is 16.0 Å². The van der Waals surface area contributed by atoms with E-state index < -0.39 is 0 Å². The van der Waals surface area contributed by atoms with Crippen molar-refractivity contribution in [2.24, 2.45) is 5.92 Å². The average molecular weight is 390 g/mol. The number of carbonyl (C=O) groups excluding carboxylic acids is 2. The van der Waals surface area contributed by atoms with Gasteiger partial charge in [0, 0.05) is 6.54 Å². The molecule has 3 aliphatic rings. The fourth-order valence-corrected chi connectivity index (χ4v) is 6.23. The van der Waals surface area contributed by atoms with Gasteiger partial charge in [-0.1, -0.05) is 30.3 Å². The van der Waals surface area contributed by atoms with Gasteiger partial charge in [0.2, 0.25) is 11.8 Å². The molecule has 0 aromatic heterocycles. The lowest BCUT2D eigenvalue weighted by Gasteiger charge is -2.34. The molecule has 2 amide bonds. The lowest BCUT2D eigenvalue weighted by molar-refractivity contribution is -0.126. The third kappa shape index (κ3) is 3.94. The number of nitrogens with one attached hydrogen (secondary N) is 3. The van der Waals surface area contributed by atoms with Gasteiger partial charge in [-0.05, 0) is 41.7 Å². The Morgan fingerprint density at radius 2 is 2.04 bits per heavy atom. The number of hydrogen-bond acceptors (Lipinski definition) is 5. The second-order valence-corrected chi connectivity index (χ2v) is 9.13. The summed E-state index contributed by atoms with van der Waals surface area (Å²) in [4.78, 5) is 26.1. The topological polar surface area (TPSA) is 70.2 Å². The number of benzene rings is 1. The third-order valence-corrected chi connectivity index (χ3v) is 7.42. The van der Waals surface area contributed by atoms with E-state index >= 15 is 0 Å². The van der Waals surface area contributed by atoms with Crippen molar-refractivity contribution in [3.8, 4) is 0 Å². The lowest BCUT2D eigenvalue weighted by Crippen LogP contribution is -2.58. The van der Waals surface area contributed by atoms with Crippen molar-refractivity contribution in [2.75, 3.05) is 5.75 Å². The highest BCUT2D eigenvalue weighted by molar-refractivity contribution is 8.04. The molecule has 3 N–H and O–H groups in total. The zero-order chi connectivity index (χ0) is 17.9. The Kier molecular flexibility index (Phi) is 5.57. The maximum absolute atomic E-state index is 12.6. The maximum atomic E-state index is 12.6. The standard InChI is InChI=1S/C19H23N3O2S2/c23-15(20-10-12-6-2-1-3-7-12)11-25-19-21-17(24)16-13-8-4-5-9-14(13)26-18(16)22-19/h1-3,6-7,16,18-19,22H,4-5,8-11H2,(H,20,23)(H,21,24). The SMILES string of the molecule is O=C(CSC1NC(=O)C2C3=C(CCCC3)SC2N1)NCc1ccccc1. The van der Waals surface area contributed by atoms with E-state index in [0.29, 0.717) is 12.3 Å². The minimum Gasteiger partial charge on any atom is -0.351 e. The summed E-state index contributed by atoms with van der Waals surface area (Å²) in [6.07, 6.45) is 4.59. The summed E-state index contributed by atoms with van der Waals surface area (Å²) in [5, 5.41) is 9.58. The molecule has 0 bridgehead atoms. The number of carbonyl (C=O) groups is 2. The van der Waals surface area contributed by atoms with Gasteiger partial charge in [-0.25, -0.2) is 0 Å². The van der Waals surface area contributed by atoms with Crippen molar-refractivity contribution in [2.45, 2.75) is 43.1 Å². The molecule has 7 heteroatoms. The van der Waals surface area contributed by atoms with E-state index in [1.165, 1.54) is 35.1 Å². The Balaban J connectivity index is 1.25. The number of fused-ring (bicyclic) bond motifs is 2. The van der Waals surface area contributed by atoms with Gasteiger partial charge in [0.05, 0.1) is 17.0 Å². The first-order chi connectivity index (χ1) is 12.7. The van der Waals surface area contributed by atoms with Gasteiger partial charge in [-0.2, -0.15) is 0 Å². The van der Waals surface area contributed by atoms with Gasteiger partial charge in [0.15, 0.2) is 0 Å². The molecule has 3 unspecified atom stereocenters. The van der Waals surface area contributed by atoms with Gasteiger partial charge >= 0.3 is 0 Å². The molecule has 2 heterocycles. The van der Waals surface area contributed by atoms with Crippen molar-refractivity contribution >= 4 is 35.3 Å². The minimum absolute atomic E-state index is 0.0199. The summed E-state index contributed by atoms with van der Waals surface area (Å²) in [7, 11) is 0. The molecule has 0 spiro atoms. The Bertz CT molecular complexity index is 723. The van der Waals surface area contributed by atoms with E-state index in [9.17, 15) is 9.59 Å². The van der Waals surface area contributed by atoms with Crippen molar-refractivity contribution in [3.05, 3.63) is 46.4 Å². The quantitative estimate of drug-likeness (QED) is 0.722. The first kappa shape index (κ1) is 17.9. The van der Waals surface area contributed by atoms with Crippen molar-refractivity contribution < 1.29 is 9.59 Å².